The summed E-state index contributed by atoms with van der Waals surface area (Å²) in [5, 5.41) is 1.52. The van der Waals surface area contributed by atoms with Crippen molar-refractivity contribution in [2.75, 3.05) is 0 Å². The number of halogens is 1. The molecule has 0 fully saturated rings. The number of nitrogens with zero attached hydrogens (tertiary/aromatic N) is 1. The van der Waals surface area contributed by atoms with E-state index in [1.165, 1.54) is 5.41 Å². The average Bonchev–Trinajstić information content (AvgIpc) is 1.85. The van der Waals surface area contributed by atoms with Gasteiger partial charge in [0, 0.05) is 11.1 Å². The van der Waals surface area contributed by atoms with E-state index in [1.807, 2.05) is 0 Å². The van der Waals surface area contributed by atoms with E-state index in [-0.39, 0.29) is 4.50 Å². The zero-order valence-corrected chi connectivity index (χ0v) is 5.79. The Balaban J connectivity index is 2.95. The molecular weight excluding hydrogens is 146 g/mol. The molecule has 1 rings (SSSR count). The van der Waals surface area contributed by atoms with Crippen molar-refractivity contribution in [3.63, 3.8) is 0 Å². The lowest BCUT2D eigenvalue weighted by atomic mass is 10.6. The van der Waals surface area contributed by atoms with Crippen LogP contribution in [0.2, 0.25) is 0 Å². The highest BCUT2D eigenvalue weighted by Gasteiger charge is 2.09. The summed E-state index contributed by atoms with van der Waals surface area (Å²) in [5.74, 6) is 0. The van der Waals surface area contributed by atoms with Gasteiger partial charge in [0.2, 0.25) is 0 Å². The SMILES string of the molecule is CC1=CS(=O)C(Cl)=N1. The lowest BCUT2D eigenvalue weighted by Gasteiger charge is -1.76. The predicted molar refractivity (Wildman–Crippen MR) is 35.2 cm³/mol. The van der Waals surface area contributed by atoms with Crippen molar-refractivity contribution in [3.8, 4) is 0 Å². The first kappa shape index (κ1) is 5.98. The molecule has 44 valence electrons. The molecule has 0 saturated heterocycles. The summed E-state index contributed by atoms with van der Waals surface area (Å²) in [6.07, 6.45) is 0. The van der Waals surface area contributed by atoms with Gasteiger partial charge in [-0.05, 0) is 6.92 Å². The Hall–Kier alpha value is -0.150. The highest BCUT2D eigenvalue weighted by atomic mass is 35.5. The van der Waals surface area contributed by atoms with Crippen LogP contribution in [0.4, 0.5) is 0 Å². The molecule has 1 unspecified atom stereocenters. The van der Waals surface area contributed by atoms with Gasteiger partial charge < -0.3 is 0 Å². The highest BCUT2D eigenvalue weighted by molar-refractivity contribution is 8.06. The van der Waals surface area contributed by atoms with Crippen LogP contribution in [0.25, 0.3) is 0 Å². The van der Waals surface area contributed by atoms with Crippen LogP contribution in [-0.2, 0) is 10.8 Å². The molecule has 2 nitrogen and oxygen atoms in total. The largest absolute Gasteiger partial charge is 0.247 e. The maximum atomic E-state index is 10.6. The maximum absolute atomic E-state index is 10.6. The zero-order valence-electron chi connectivity index (χ0n) is 4.22. The molecule has 0 bridgehead atoms. The Labute approximate surface area is 54.7 Å². The molecule has 0 aromatic heterocycles. The minimum Gasteiger partial charge on any atom is -0.247 e. The van der Waals surface area contributed by atoms with Crippen molar-refractivity contribution in [1.82, 2.24) is 0 Å². The molecule has 0 saturated carbocycles. The molecule has 0 amide bonds. The number of hydrogen-bond acceptors (Lipinski definition) is 2. The molecule has 4 heteroatoms. The van der Waals surface area contributed by atoms with Gasteiger partial charge in [-0.2, -0.15) is 0 Å². The second-order valence-electron chi connectivity index (χ2n) is 1.42. The van der Waals surface area contributed by atoms with Crippen LogP contribution in [0, 0.1) is 0 Å². The van der Waals surface area contributed by atoms with Gasteiger partial charge in [0.25, 0.3) is 0 Å². The summed E-state index contributed by atoms with van der Waals surface area (Å²) >= 11 is 5.36. The van der Waals surface area contributed by atoms with Crippen molar-refractivity contribution in [2.45, 2.75) is 6.92 Å². The molecule has 0 radical (unpaired) electrons. The molecule has 1 heterocycles. The van der Waals surface area contributed by atoms with E-state index in [4.69, 9.17) is 11.6 Å². The maximum Gasteiger partial charge on any atom is 0.198 e. The summed E-state index contributed by atoms with van der Waals surface area (Å²) in [5.41, 5.74) is 0.730. The average molecular weight is 150 g/mol. The summed E-state index contributed by atoms with van der Waals surface area (Å²) in [6.45, 7) is 1.76. The molecule has 1 aliphatic heterocycles. The van der Waals surface area contributed by atoms with Crippen molar-refractivity contribution in [1.29, 1.82) is 0 Å². The van der Waals surface area contributed by atoms with Crippen LogP contribution >= 0.6 is 11.6 Å². The van der Waals surface area contributed by atoms with Crippen molar-refractivity contribution < 1.29 is 4.21 Å². The predicted octanol–water partition coefficient (Wildman–Crippen LogP) is 1.20. The summed E-state index contributed by atoms with van der Waals surface area (Å²) in [4.78, 5) is 3.71. The fourth-order valence-corrected chi connectivity index (χ4v) is 1.37. The summed E-state index contributed by atoms with van der Waals surface area (Å²) < 4.78 is 10.7. The Kier molecular flexibility index (Phi) is 1.49. The standard InChI is InChI=1S/C4H4ClNOS/c1-3-2-8(7)4(5)6-3/h2H,1H3. The molecular formula is C4H4ClNOS. The normalized spacial score (nSPS) is 27.5. The molecule has 1 aliphatic rings. The summed E-state index contributed by atoms with van der Waals surface area (Å²) in [7, 11) is -1.14. The van der Waals surface area contributed by atoms with Gasteiger partial charge in [-0.3, -0.25) is 0 Å². The van der Waals surface area contributed by atoms with Crippen LogP contribution in [0.3, 0.4) is 0 Å². The number of allylic oxidation sites excluding steroid dienone is 1. The third-order valence-electron chi connectivity index (χ3n) is 0.708. The van der Waals surface area contributed by atoms with Gasteiger partial charge in [-0.25, -0.2) is 9.20 Å². The van der Waals surface area contributed by atoms with Gasteiger partial charge in [-0.15, -0.1) is 0 Å². The lowest BCUT2D eigenvalue weighted by molar-refractivity contribution is 0.695. The molecule has 0 spiro atoms. The van der Waals surface area contributed by atoms with Gasteiger partial charge >= 0.3 is 0 Å². The van der Waals surface area contributed by atoms with Crippen LogP contribution in [0.1, 0.15) is 6.92 Å². The van der Waals surface area contributed by atoms with Crippen molar-refractivity contribution >= 4 is 26.9 Å². The first-order valence-corrected chi connectivity index (χ1v) is 3.62. The topological polar surface area (TPSA) is 29.4 Å². The minimum absolute atomic E-state index is 0.183. The van der Waals surface area contributed by atoms with E-state index >= 15 is 0 Å². The monoisotopic (exact) mass is 149 g/mol. The van der Waals surface area contributed by atoms with Crippen LogP contribution in [0.5, 0.6) is 0 Å². The molecule has 0 aromatic rings. The third-order valence-corrected chi connectivity index (χ3v) is 2.23. The molecule has 1 atom stereocenters. The van der Waals surface area contributed by atoms with E-state index in [0.717, 1.165) is 5.70 Å². The van der Waals surface area contributed by atoms with Crippen molar-refractivity contribution in [3.05, 3.63) is 11.1 Å². The third kappa shape index (κ3) is 0.980. The number of aliphatic imine (C=N–C) groups is 1. The highest BCUT2D eigenvalue weighted by Crippen LogP contribution is 2.11. The first-order chi connectivity index (χ1) is 3.70. The van der Waals surface area contributed by atoms with Gasteiger partial charge in [-0.1, -0.05) is 11.6 Å². The van der Waals surface area contributed by atoms with Gasteiger partial charge in [0.05, 0.1) is 0 Å². The van der Waals surface area contributed by atoms with Gasteiger partial charge in [0.15, 0.2) is 4.50 Å². The Morgan fingerprint density at radius 2 is 2.50 bits per heavy atom. The van der Waals surface area contributed by atoms with E-state index in [1.54, 1.807) is 6.92 Å². The second-order valence-corrected chi connectivity index (χ2v) is 3.22. The lowest BCUT2D eigenvalue weighted by Crippen LogP contribution is -1.87. The quantitative estimate of drug-likeness (QED) is 0.509. The van der Waals surface area contributed by atoms with E-state index in [0.29, 0.717) is 0 Å². The minimum atomic E-state index is -1.14. The van der Waals surface area contributed by atoms with Gasteiger partial charge in [0.1, 0.15) is 10.8 Å². The first-order valence-electron chi connectivity index (χ1n) is 2.03. The Morgan fingerprint density at radius 3 is 2.62 bits per heavy atom. The van der Waals surface area contributed by atoms with Crippen LogP contribution in [-0.4, -0.2) is 8.71 Å². The van der Waals surface area contributed by atoms with Crippen molar-refractivity contribution in [2.24, 2.45) is 4.99 Å². The number of hydrogen-bond donors (Lipinski definition) is 0. The van der Waals surface area contributed by atoms with Crippen LogP contribution in [0.15, 0.2) is 16.1 Å². The van der Waals surface area contributed by atoms with E-state index in [9.17, 15) is 4.21 Å². The molecule has 0 aromatic carbocycles. The second kappa shape index (κ2) is 1.99. The van der Waals surface area contributed by atoms with E-state index in [2.05, 4.69) is 4.99 Å². The van der Waals surface area contributed by atoms with Crippen LogP contribution < -0.4 is 0 Å². The zero-order chi connectivity index (χ0) is 6.15. The Bertz CT molecular complexity index is 193. The smallest absolute Gasteiger partial charge is 0.198 e. The fourth-order valence-electron chi connectivity index (χ4n) is 0.414. The molecule has 0 aliphatic carbocycles. The number of rotatable bonds is 0. The Morgan fingerprint density at radius 1 is 1.88 bits per heavy atom. The fraction of sp³-hybridized carbons (Fsp3) is 0.250. The van der Waals surface area contributed by atoms with E-state index < -0.39 is 10.8 Å². The summed E-state index contributed by atoms with van der Waals surface area (Å²) in [6, 6.07) is 0. The molecule has 8 heavy (non-hydrogen) atoms. The molecule has 0 N–H and O–H groups in total.